The average Bonchev–Trinajstić information content (AvgIpc) is 2.41. The molecule has 1 aromatic carbocycles. The maximum absolute atomic E-state index is 11.2. The molecule has 0 spiro atoms. The van der Waals surface area contributed by atoms with Crippen molar-refractivity contribution in [1.82, 2.24) is 9.80 Å². The monoisotopic (exact) mass is 274 g/mol. The standard InChI is InChI=1S/C16H22N2O2/c1-13(10-14-6-4-3-5-7-14)11-18-9-8-17(2)15(12-18)16(19)20/h3-7,10,15H,8-9,11-12H2,1-2H3,(H,19,20)/b13-10+/t15-/m0/s1. The number of likely N-dealkylation sites (N-methyl/N-ethyl adjacent to an activating group) is 1. The molecule has 1 heterocycles. The van der Waals surface area contributed by atoms with E-state index in [4.69, 9.17) is 0 Å². The third kappa shape index (κ3) is 3.92. The third-order valence-electron chi connectivity index (χ3n) is 3.70. The molecule has 1 aliphatic rings. The van der Waals surface area contributed by atoms with Gasteiger partial charge in [-0.05, 0) is 19.5 Å². The summed E-state index contributed by atoms with van der Waals surface area (Å²) in [4.78, 5) is 15.3. The normalized spacial score (nSPS) is 21.9. The van der Waals surface area contributed by atoms with Gasteiger partial charge in [0, 0.05) is 26.2 Å². The molecule has 4 nitrogen and oxygen atoms in total. The zero-order valence-electron chi connectivity index (χ0n) is 12.1. The van der Waals surface area contributed by atoms with Crippen molar-refractivity contribution in [3.63, 3.8) is 0 Å². The van der Waals surface area contributed by atoms with Crippen LogP contribution in [0.15, 0.2) is 35.9 Å². The van der Waals surface area contributed by atoms with Crippen molar-refractivity contribution >= 4 is 12.0 Å². The molecule has 2 rings (SSSR count). The summed E-state index contributed by atoms with van der Waals surface area (Å²) in [6.07, 6.45) is 2.16. The Hall–Kier alpha value is -1.65. The highest BCUT2D eigenvalue weighted by Gasteiger charge is 2.29. The number of carboxylic acid groups (broad SMARTS) is 1. The Balaban J connectivity index is 1.96. The number of aliphatic carboxylic acids is 1. The molecule has 0 amide bonds. The second kappa shape index (κ2) is 6.68. The Kier molecular flexibility index (Phi) is 4.93. The molecule has 1 fully saturated rings. The molecular weight excluding hydrogens is 252 g/mol. The third-order valence-corrected chi connectivity index (χ3v) is 3.70. The van der Waals surface area contributed by atoms with Crippen molar-refractivity contribution in [3.8, 4) is 0 Å². The van der Waals surface area contributed by atoms with Gasteiger partial charge in [0.1, 0.15) is 6.04 Å². The summed E-state index contributed by atoms with van der Waals surface area (Å²) in [5.74, 6) is -0.734. The Labute approximate surface area is 120 Å². The molecular formula is C16H22N2O2. The predicted octanol–water partition coefficient (Wildman–Crippen LogP) is 1.79. The first-order valence-electron chi connectivity index (χ1n) is 6.94. The van der Waals surface area contributed by atoms with Crippen molar-refractivity contribution < 1.29 is 9.90 Å². The predicted molar refractivity (Wildman–Crippen MR) is 80.6 cm³/mol. The molecule has 0 radical (unpaired) electrons. The van der Waals surface area contributed by atoms with Crippen LogP contribution in [0.4, 0.5) is 0 Å². The van der Waals surface area contributed by atoms with E-state index in [9.17, 15) is 9.90 Å². The zero-order chi connectivity index (χ0) is 14.5. The van der Waals surface area contributed by atoms with Gasteiger partial charge in [0.25, 0.3) is 0 Å². The summed E-state index contributed by atoms with van der Waals surface area (Å²) >= 11 is 0. The zero-order valence-corrected chi connectivity index (χ0v) is 12.1. The lowest BCUT2D eigenvalue weighted by atomic mass is 10.1. The van der Waals surface area contributed by atoms with E-state index in [1.165, 1.54) is 11.1 Å². The van der Waals surface area contributed by atoms with Crippen molar-refractivity contribution in [1.29, 1.82) is 0 Å². The van der Waals surface area contributed by atoms with Gasteiger partial charge in [-0.25, -0.2) is 0 Å². The molecule has 1 saturated heterocycles. The fraction of sp³-hybridized carbons (Fsp3) is 0.438. The van der Waals surface area contributed by atoms with Crippen molar-refractivity contribution in [2.45, 2.75) is 13.0 Å². The highest BCUT2D eigenvalue weighted by molar-refractivity contribution is 5.73. The lowest BCUT2D eigenvalue weighted by molar-refractivity contribution is -0.145. The lowest BCUT2D eigenvalue weighted by Crippen LogP contribution is -2.54. The van der Waals surface area contributed by atoms with Gasteiger partial charge in [-0.1, -0.05) is 42.0 Å². The molecule has 4 heteroatoms. The van der Waals surface area contributed by atoms with Gasteiger partial charge in [0.05, 0.1) is 0 Å². The van der Waals surface area contributed by atoms with Gasteiger partial charge in [-0.3, -0.25) is 14.6 Å². The van der Waals surface area contributed by atoms with Crippen LogP contribution in [-0.4, -0.2) is 60.1 Å². The molecule has 0 bridgehead atoms. The van der Waals surface area contributed by atoms with Gasteiger partial charge >= 0.3 is 5.97 Å². The maximum atomic E-state index is 11.2. The van der Waals surface area contributed by atoms with E-state index >= 15 is 0 Å². The van der Waals surface area contributed by atoms with Gasteiger partial charge in [0.15, 0.2) is 0 Å². The first-order valence-corrected chi connectivity index (χ1v) is 6.94. The van der Waals surface area contributed by atoms with Gasteiger partial charge in [-0.15, -0.1) is 0 Å². The molecule has 1 atom stereocenters. The summed E-state index contributed by atoms with van der Waals surface area (Å²) in [7, 11) is 1.88. The Morgan fingerprint density at radius 1 is 1.35 bits per heavy atom. The number of piperazine rings is 1. The van der Waals surface area contributed by atoms with Crippen LogP contribution >= 0.6 is 0 Å². The van der Waals surface area contributed by atoms with E-state index in [-0.39, 0.29) is 0 Å². The number of nitrogens with zero attached hydrogens (tertiary/aromatic N) is 2. The molecule has 108 valence electrons. The molecule has 1 aliphatic heterocycles. The lowest BCUT2D eigenvalue weighted by Gasteiger charge is -2.37. The molecule has 0 saturated carbocycles. The molecule has 0 aromatic heterocycles. The van der Waals surface area contributed by atoms with Crippen molar-refractivity contribution in [2.75, 3.05) is 33.2 Å². The van der Waals surface area contributed by atoms with Gasteiger partial charge < -0.3 is 5.11 Å². The van der Waals surface area contributed by atoms with Crippen LogP contribution in [0, 0.1) is 0 Å². The van der Waals surface area contributed by atoms with Crippen LogP contribution in [-0.2, 0) is 4.79 Å². The quantitative estimate of drug-likeness (QED) is 0.909. The second-order valence-corrected chi connectivity index (χ2v) is 5.47. The minimum absolute atomic E-state index is 0.395. The topological polar surface area (TPSA) is 43.8 Å². The number of hydrogen-bond acceptors (Lipinski definition) is 3. The maximum Gasteiger partial charge on any atom is 0.322 e. The van der Waals surface area contributed by atoms with Crippen LogP contribution < -0.4 is 0 Å². The van der Waals surface area contributed by atoms with Gasteiger partial charge in [-0.2, -0.15) is 0 Å². The van der Waals surface area contributed by atoms with Crippen molar-refractivity contribution in [2.24, 2.45) is 0 Å². The molecule has 0 aliphatic carbocycles. The van der Waals surface area contributed by atoms with Crippen LogP contribution in [0.1, 0.15) is 12.5 Å². The molecule has 1 N–H and O–H groups in total. The largest absolute Gasteiger partial charge is 0.480 e. The Bertz CT molecular complexity index is 485. The first kappa shape index (κ1) is 14.8. The molecule has 0 unspecified atom stereocenters. The number of carbonyl (C=O) groups is 1. The summed E-state index contributed by atoms with van der Waals surface area (Å²) in [6.45, 7) is 5.23. The first-order chi connectivity index (χ1) is 9.56. The number of rotatable bonds is 4. The molecule has 20 heavy (non-hydrogen) atoms. The number of benzene rings is 1. The van der Waals surface area contributed by atoms with Gasteiger partial charge in [0.2, 0.25) is 0 Å². The van der Waals surface area contributed by atoms with E-state index in [0.717, 1.165) is 19.6 Å². The highest BCUT2D eigenvalue weighted by Crippen LogP contribution is 2.12. The van der Waals surface area contributed by atoms with E-state index < -0.39 is 12.0 Å². The van der Waals surface area contributed by atoms with E-state index in [2.05, 4.69) is 30.0 Å². The van der Waals surface area contributed by atoms with E-state index in [0.29, 0.717) is 6.54 Å². The highest BCUT2D eigenvalue weighted by atomic mass is 16.4. The van der Waals surface area contributed by atoms with Crippen LogP contribution in [0.3, 0.4) is 0 Å². The smallest absolute Gasteiger partial charge is 0.322 e. The summed E-state index contributed by atoms with van der Waals surface area (Å²) in [6, 6.07) is 9.81. The molecule has 1 aromatic rings. The fourth-order valence-electron chi connectivity index (χ4n) is 2.57. The minimum atomic E-state index is -0.734. The fourth-order valence-corrected chi connectivity index (χ4v) is 2.57. The second-order valence-electron chi connectivity index (χ2n) is 5.47. The minimum Gasteiger partial charge on any atom is -0.480 e. The SMILES string of the molecule is C/C(=C\c1ccccc1)CN1CCN(C)[C@H](C(=O)O)C1. The average molecular weight is 274 g/mol. The van der Waals surface area contributed by atoms with Crippen LogP contribution in [0.2, 0.25) is 0 Å². The van der Waals surface area contributed by atoms with Crippen molar-refractivity contribution in [3.05, 3.63) is 41.5 Å². The number of hydrogen-bond donors (Lipinski definition) is 1. The summed E-state index contributed by atoms with van der Waals surface area (Å²) in [5, 5.41) is 9.21. The van der Waals surface area contributed by atoms with Crippen LogP contribution in [0.25, 0.3) is 6.08 Å². The Morgan fingerprint density at radius 2 is 2.05 bits per heavy atom. The summed E-state index contributed by atoms with van der Waals surface area (Å²) < 4.78 is 0. The van der Waals surface area contributed by atoms with E-state index in [1.54, 1.807) is 0 Å². The van der Waals surface area contributed by atoms with E-state index in [1.807, 2.05) is 30.1 Å². The summed E-state index contributed by atoms with van der Waals surface area (Å²) in [5.41, 5.74) is 2.44. The number of carboxylic acids is 1. The Morgan fingerprint density at radius 3 is 2.70 bits per heavy atom. The van der Waals surface area contributed by atoms with Crippen LogP contribution in [0.5, 0.6) is 0 Å².